The number of anilines is 6. The van der Waals surface area contributed by atoms with Crippen LogP contribution in [0.4, 0.5) is 47.3 Å². The van der Waals surface area contributed by atoms with E-state index in [4.69, 9.17) is 8.60 Å². The molecule has 6 nitrogen and oxygen atoms in total. The summed E-state index contributed by atoms with van der Waals surface area (Å²) in [5.41, 5.74) is -2.03. The van der Waals surface area contributed by atoms with Gasteiger partial charge in [-0.1, -0.05) is 78.9 Å². The zero-order chi connectivity index (χ0) is 32.6. The third-order valence-electron chi connectivity index (χ3n) is 7.59. The minimum atomic E-state index is -6.11. The van der Waals surface area contributed by atoms with E-state index in [9.17, 15) is 21.6 Å². The molecule has 0 spiro atoms. The number of furan rings is 1. The number of benzene rings is 6. The minimum absolute atomic E-state index is 0.0607. The van der Waals surface area contributed by atoms with Gasteiger partial charge in [0, 0.05) is 33.5 Å². The van der Waals surface area contributed by atoms with Gasteiger partial charge in [-0.25, -0.2) is 0 Å². The lowest BCUT2D eigenvalue weighted by Gasteiger charge is -2.32. The van der Waals surface area contributed by atoms with Gasteiger partial charge < -0.3 is 18.4 Å². The molecule has 0 radical (unpaired) electrons. The molecule has 0 aliphatic carbocycles. The average molecular weight is 651 g/mol. The van der Waals surface area contributed by atoms with Crippen molar-refractivity contribution in [2.24, 2.45) is 0 Å². The Kier molecular flexibility index (Phi) is 7.57. The smallest absolute Gasteiger partial charge is 0.456 e. The highest BCUT2D eigenvalue weighted by Crippen LogP contribution is 2.50. The first-order valence-electron chi connectivity index (χ1n) is 14.5. The van der Waals surface area contributed by atoms with Crippen molar-refractivity contribution < 1.29 is 30.2 Å². The third kappa shape index (κ3) is 5.64. The summed E-state index contributed by atoms with van der Waals surface area (Å²) in [6.07, 6.45) is 0. The van der Waals surface area contributed by atoms with E-state index in [0.29, 0.717) is 33.9 Å². The van der Waals surface area contributed by atoms with Crippen LogP contribution in [0.2, 0.25) is 0 Å². The van der Waals surface area contributed by atoms with E-state index < -0.39 is 21.4 Å². The molecule has 7 rings (SSSR count). The number of hydrogen-bond donors (Lipinski definition) is 0. The van der Waals surface area contributed by atoms with Gasteiger partial charge in [0.1, 0.15) is 11.2 Å². The molecule has 234 valence electrons. The van der Waals surface area contributed by atoms with E-state index >= 15 is 0 Å². The Morgan fingerprint density at radius 3 is 1.51 bits per heavy atom. The summed E-state index contributed by atoms with van der Waals surface area (Å²) in [6.45, 7) is 0. The van der Waals surface area contributed by atoms with Gasteiger partial charge in [-0.3, -0.25) is 0 Å². The van der Waals surface area contributed by atoms with E-state index in [-0.39, 0.29) is 11.4 Å². The van der Waals surface area contributed by atoms with Gasteiger partial charge in [-0.2, -0.15) is 21.6 Å². The van der Waals surface area contributed by atoms with Crippen molar-refractivity contribution in [3.8, 4) is 5.75 Å². The summed E-state index contributed by atoms with van der Waals surface area (Å²) in [7, 11) is -6.11. The number of nitrogens with zero attached hydrogens (tertiary/aromatic N) is 2. The van der Waals surface area contributed by atoms with Gasteiger partial charge in [0.15, 0.2) is 5.75 Å². The fourth-order valence-corrected chi connectivity index (χ4v) is 6.03. The SMILES string of the molecule is O=S(=O)(Oc1c(N(c2ccccc2)c2ccccc2)cccc1N(c1ccccc1)c1ccc2oc3ccccc3c2c1)C(F)(F)F. The van der Waals surface area contributed by atoms with Crippen LogP contribution in [-0.4, -0.2) is 13.9 Å². The summed E-state index contributed by atoms with van der Waals surface area (Å²) >= 11 is 0. The number of alkyl halides is 3. The van der Waals surface area contributed by atoms with Crippen LogP contribution in [0.1, 0.15) is 0 Å². The molecule has 0 saturated carbocycles. The Hall–Kier alpha value is -5.74. The third-order valence-corrected chi connectivity index (χ3v) is 8.55. The normalized spacial score (nSPS) is 11.9. The molecule has 0 saturated heterocycles. The molecule has 0 unspecified atom stereocenters. The second-order valence-corrected chi connectivity index (χ2v) is 12.1. The van der Waals surface area contributed by atoms with Crippen LogP contribution >= 0.6 is 0 Å². The Bertz CT molecular complexity index is 2250. The fourth-order valence-electron chi connectivity index (χ4n) is 5.55. The second kappa shape index (κ2) is 11.9. The molecule has 1 heterocycles. The van der Waals surface area contributed by atoms with Crippen molar-refractivity contribution in [2.45, 2.75) is 5.51 Å². The lowest BCUT2D eigenvalue weighted by atomic mass is 10.1. The standard InChI is InChI=1S/C37H25F3N2O4S/c38-37(39,40)47(43,44)46-36-32(41(26-13-4-1-5-14-26)27-15-6-2-7-16-27)20-12-21-33(36)42(28-17-8-3-9-18-28)29-23-24-35-31(25-29)30-19-10-11-22-34(30)45-35/h1-25H. The van der Waals surface area contributed by atoms with Crippen LogP contribution in [0.5, 0.6) is 5.75 Å². The summed E-state index contributed by atoms with van der Waals surface area (Å²) < 4.78 is 78.8. The van der Waals surface area contributed by atoms with Crippen LogP contribution in [-0.2, 0) is 10.1 Å². The van der Waals surface area contributed by atoms with E-state index in [0.717, 1.165) is 10.8 Å². The first-order chi connectivity index (χ1) is 22.7. The maximum Gasteiger partial charge on any atom is 0.534 e. The first-order valence-corrected chi connectivity index (χ1v) is 15.9. The van der Waals surface area contributed by atoms with E-state index in [1.165, 1.54) is 12.1 Å². The molecule has 0 N–H and O–H groups in total. The largest absolute Gasteiger partial charge is 0.534 e. The highest BCUT2D eigenvalue weighted by molar-refractivity contribution is 7.88. The highest BCUT2D eigenvalue weighted by Gasteiger charge is 2.49. The Labute approximate surface area is 268 Å². The van der Waals surface area contributed by atoms with Crippen molar-refractivity contribution >= 4 is 66.2 Å². The molecule has 0 amide bonds. The van der Waals surface area contributed by atoms with Gasteiger partial charge in [-0.15, -0.1) is 0 Å². The lowest BCUT2D eigenvalue weighted by molar-refractivity contribution is -0.0499. The van der Waals surface area contributed by atoms with Crippen molar-refractivity contribution in [3.05, 3.63) is 152 Å². The molecular formula is C37H25F3N2O4S. The summed E-state index contributed by atoms with van der Waals surface area (Å²) in [5, 5.41) is 1.62. The monoisotopic (exact) mass is 650 g/mol. The molecule has 7 aromatic rings. The van der Waals surface area contributed by atoms with Crippen LogP contribution in [0, 0.1) is 0 Å². The van der Waals surface area contributed by atoms with E-state index in [1.807, 2.05) is 48.5 Å². The van der Waals surface area contributed by atoms with Gasteiger partial charge in [0.25, 0.3) is 0 Å². The summed E-state index contributed by atoms with van der Waals surface area (Å²) in [6, 6.07) is 44.4. The molecule has 10 heteroatoms. The van der Waals surface area contributed by atoms with E-state index in [1.54, 1.807) is 101 Å². The number of hydrogen-bond acceptors (Lipinski definition) is 6. The molecular weight excluding hydrogens is 625 g/mol. The zero-order valence-corrected chi connectivity index (χ0v) is 25.3. The predicted octanol–water partition coefficient (Wildman–Crippen LogP) is 10.8. The predicted molar refractivity (Wildman–Crippen MR) is 179 cm³/mol. The molecule has 47 heavy (non-hydrogen) atoms. The summed E-state index contributed by atoms with van der Waals surface area (Å²) in [4.78, 5) is 3.32. The van der Waals surface area contributed by atoms with Crippen LogP contribution in [0.25, 0.3) is 21.9 Å². The molecule has 6 aromatic carbocycles. The molecule has 0 aliphatic heterocycles. The fraction of sp³-hybridized carbons (Fsp3) is 0.0270. The zero-order valence-electron chi connectivity index (χ0n) is 24.5. The van der Waals surface area contributed by atoms with Crippen LogP contribution < -0.4 is 14.0 Å². The lowest BCUT2D eigenvalue weighted by Crippen LogP contribution is -2.29. The quantitative estimate of drug-likeness (QED) is 0.120. The Morgan fingerprint density at radius 2 is 0.979 bits per heavy atom. The van der Waals surface area contributed by atoms with E-state index in [2.05, 4.69) is 0 Å². The van der Waals surface area contributed by atoms with Gasteiger partial charge in [0.05, 0.1) is 11.4 Å². The summed E-state index contributed by atoms with van der Waals surface area (Å²) in [5.74, 6) is -0.515. The number of halogens is 3. The van der Waals surface area contributed by atoms with Crippen molar-refractivity contribution in [1.82, 2.24) is 0 Å². The number of para-hydroxylation sites is 5. The maximum absolute atomic E-state index is 14.0. The second-order valence-electron chi connectivity index (χ2n) is 10.6. The van der Waals surface area contributed by atoms with Crippen molar-refractivity contribution in [1.29, 1.82) is 0 Å². The van der Waals surface area contributed by atoms with Gasteiger partial charge in [-0.05, 0) is 72.8 Å². The first kappa shape index (κ1) is 29.9. The molecule has 0 atom stereocenters. The molecule has 0 fully saturated rings. The van der Waals surface area contributed by atoms with Gasteiger partial charge >= 0.3 is 15.6 Å². The Balaban J connectivity index is 1.53. The van der Waals surface area contributed by atoms with Crippen molar-refractivity contribution in [2.75, 3.05) is 9.80 Å². The molecule has 1 aromatic heterocycles. The van der Waals surface area contributed by atoms with Crippen LogP contribution in [0.15, 0.2) is 156 Å². The van der Waals surface area contributed by atoms with Crippen LogP contribution in [0.3, 0.4) is 0 Å². The molecule has 0 bridgehead atoms. The maximum atomic E-state index is 14.0. The van der Waals surface area contributed by atoms with Crippen molar-refractivity contribution in [3.63, 3.8) is 0 Å². The highest BCUT2D eigenvalue weighted by atomic mass is 32.2. The molecule has 0 aliphatic rings. The average Bonchev–Trinajstić information content (AvgIpc) is 3.45. The topological polar surface area (TPSA) is 63.0 Å². The number of rotatable bonds is 8. The minimum Gasteiger partial charge on any atom is -0.456 e. The van der Waals surface area contributed by atoms with Gasteiger partial charge in [0.2, 0.25) is 0 Å². The Morgan fingerprint density at radius 1 is 0.511 bits per heavy atom. The number of fused-ring (bicyclic) bond motifs is 3.